The summed E-state index contributed by atoms with van der Waals surface area (Å²) < 4.78 is 0. The Morgan fingerprint density at radius 2 is 1.87 bits per heavy atom. The van der Waals surface area contributed by atoms with Crippen LogP contribution in [0.4, 0.5) is 5.69 Å². The Morgan fingerprint density at radius 3 is 2.58 bits per heavy atom. The van der Waals surface area contributed by atoms with E-state index in [0.29, 0.717) is 34.9 Å². The molecule has 0 spiro atoms. The molecule has 3 aromatic rings. The van der Waals surface area contributed by atoms with Gasteiger partial charge in [0.05, 0.1) is 10.7 Å². The number of anilines is 1. The van der Waals surface area contributed by atoms with Crippen molar-refractivity contribution in [1.82, 2.24) is 15.2 Å². The van der Waals surface area contributed by atoms with Gasteiger partial charge in [-0.05, 0) is 61.0 Å². The van der Waals surface area contributed by atoms with Crippen molar-refractivity contribution >= 4 is 29.1 Å². The lowest BCUT2D eigenvalue weighted by Gasteiger charge is -2.27. The van der Waals surface area contributed by atoms with Crippen LogP contribution >= 0.6 is 11.6 Å². The Balaban J connectivity index is 1.52. The fourth-order valence-corrected chi connectivity index (χ4v) is 3.84. The molecule has 158 valence electrons. The zero-order valence-electron chi connectivity index (χ0n) is 17.2. The Bertz CT molecular complexity index is 1110. The maximum Gasteiger partial charge on any atom is 0.255 e. The number of halogens is 1. The van der Waals surface area contributed by atoms with Gasteiger partial charge in [0.1, 0.15) is 0 Å². The molecule has 2 aromatic carbocycles. The number of hydrogen-bond acceptors (Lipinski definition) is 4. The van der Waals surface area contributed by atoms with Crippen molar-refractivity contribution < 1.29 is 9.59 Å². The highest BCUT2D eigenvalue weighted by Crippen LogP contribution is 2.29. The SMILES string of the molecule is Cc1cc(C(=O)N2CCNCC2)ccc1C(=O)Nc1ccc(Cl)c(-c2ccccn2)c1. The summed E-state index contributed by atoms with van der Waals surface area (Å²) in [6.07, 6.45) is 1.70. The Kier molecular flexibility index (Phi) is 6.30. The topological polar surface area (TPSA) is 74.3 Å². The molecular weight excluding hydrogens is 412 g/mol. The van der Waals surface area contributed by atoms with Gasteiger partial charge < -0.3 is 15.5 Å². The van der Waals surface area contributed by atoms with Crippen LogP contribution < -0.4 is 10.6 Å². The number of hydrogen-bond donors (Lipinski definition) is 2. The fourth-order valence-electron chi connectivity index (χ4n) is 3.62. The van der Waals surface area contributed by atoms with Gasteiger partial charge in [-0.1, -0.05) is 17.7 Å². The van der Waals surface area contributed by atoms with Crippen molar-refractivity contribution in [1.29, 1.82) is 0 Å². The van der Waals surface area contributed by atoms with Crippen LogP contribution in [0.3, 0.4) is 0 Å². The van der Waals surface area contributed by atoms with Crippen molar-refractivity contribution in [3.8, 4) is 11.3 Å². The predicted octanol–water partition coefficient (Wildman–Crippen LogP) is 4.01. The molecule has 0 radical (unpaired) electrons. The van der Waals surface area contributed by atoms with E-state index >= 15 is 0 Å². The van der Waals surface area contributed by atoms with Crippen molar-refractivity contribution in [3.05, 3.63) is 82.5 Å². The van der Waals surface area contributed by atoms with E-state index in [4.69, 9.17) is 11.6 Å². The highest BCUT2D eigenvalue weighted by molar-refractivity contribution is 6.33. The molecule has 31 heavy (non-hydrogen) atoms. The number of benzene rings is 2. The third-order valence-electron chi connectivity index (χ3n) is 5.29. The number of piperazine rings is 1. The maximum atomic E-state index is 12.9. The van der Waals surface area contributed by atoms with Crippen LogP contribution in [0.15, 0.2) is 60.8 Å². The molecule has 4 rings (SSSR count). The Hall–Kier alpha value is -3.22. The van der Waals surface area contributed by atoms with Gasteiger partial charge in [-0.3, -0.25) is 14.6 Å². The number of aryl methyl sites for hydroxylation is 1. The third kappa shape index (κ3) is 4.76. The molecule has 0 saturated carbocycles. The minimum Gasteiger partial charge on any atom is -0.336 e. The summed E-state index contributed by atoms with van der Waals surface area (Å²) in [5.41, 5.74) is 3.96. The number of nitrogens with zero attached hydrogens (tertiary/aromatic N) is 2. The van der Waals surface area contributed by atoms with E-state index in [1.807, 2.05) is 30.0 Å². The van der Waals surface area contributed by atoms with Crippen LogP contribution in [-0.4, -0.2) is 47.9 Å². The smallest absolute Gasteiger partial charge is 0.255 e. The zero-order valence-corrected chi connectivity index (χ0v) is 17.9. The van der Waals surface area contributed by atoms with Gasteiger partial charge in [-0.25, -0.2) is 0 Å². The van der Waals surface area contributed by atoms with E-state index < -0.39 is 0 Å². The van der Waals surface area contributed by atoms with E-state index in [0.717, 1.165) is 29.9 Å². The number of rotatable bonds is 4. The molecule has 0 aliphatic carbocycles. The molecule has 1 fully saturated rings. The van der Waals surface area contributed by atoms with E-state index in [9.17, 15) is 9.59 Å². The highest BCUT2D eigenvalue weighted by Gasteiger charge is 2.19. The summed E-state index contributed by atoms with van der Waals surface area (Å²) in [6.45, 7) is 4.81. The first-order chi connectivity index (χ1) is 15.0. The summed E-state index contributed by atoms with van der Waals surface area (Å²) in [6, 6.07) is 16.1. The fraction of sp³-hybridized carbons (Fsp3) is 0.208. The highest BCUT2D eigenvalue weighted by atomic mass is 35.5. The lowest BCUT2D eigenvalue weighted by molar-refractivity contribution is 0.0735. The van der Waals surface area contributed by atoms with Gasteiger partial charge in [-0.15, -0.1) is 0 Å². The average Bonchev–Trinajstić information content (AvgIpc) is 2.80. The molecule has 0 unspecified atom stereocenters. The molecule has 1 aliphatic heterocycles. The van der Waals surface area contributed by atoms with Gasteiger partial charge in [-0.2, -0.15) is 0 Å². The lowest BCUT2D eigenvalue weighted by atomic mass is 10.0. The molecule has 0 bridgehead atoms. The Labute approximate surface area is 186 Å². The lowest BCUT2D eigenvalue weighted by Crippen LogP contribution is -2.46. The van der Waals surface area contributed by atoms with Crippen LogP contribution in [0.2, 0.25) is 5.02 Å². The second-order valence-corrected chi connectivity index (χ2v) is 7.84. The van der Waals surface area contributed by atoms with Crippen LogP contribution in [0.1, 0.15) is 26.3 Å². The standard InChI is InChI=1S/C24H23ClN4O2/c1-16-14-17(24(31)29-12-10-26-11-13-29)5-7-19(16)23(30)28-18-6-8-21(25)20(15-18)22-4-2-3-9-27-22/h2-9,14-15,26H,10-13H2,1H3,(H,28,30). The Morgan fingerprint density at radius 1 is 1.06 bits per heavy atom. The molecule has 1 aliphatic rings. The van der Waals surface area contributed by atoms with Crippen molar-refractivity contribution in [3.63, 3.8) is 0 Å². The minimum absolute atomic E-state index is 0.00531. The summed E-state index contributed by atoms with van der Waals surface area (Å²) in [5.74, 6) is -0.248. The van der Waals surface area contributed by atoms with Gasteiger partial charge >= 0.3 is 0 Å². The number of carbonyl (C=O) groups excluding carboxylic acids is 2. The zero-order chi connectivity index (χ0) is 21.8. The van der Waals surface area contributed by atoms with E-state index in [-0.39, 0.29) is 11.8 Å². The number of aromatic nitrogens is 1. The monoisotopic (exact) mass is 434 g/mol. The molecule has 1 saturated heterocycles. The van der Waals surface area contributed by atoms with E-state index in [1.165, 1.54) is 0 Å². The van der Waals surface area contributed by atoms with Crippen LogP contribution in [0.5, 0.6) is 0 Å². The number of nitrogens with one attached hydrogen (secondary N) is 2. The summed E-state index contributed by atoms with van der Waals surface area (Å²) >= 11 is 6.33. The van der Waals surface area contributed by atoms with Crippen LogP contribution in [0.25, 0.3) is 11.3 Å². The molecule has 2 heterocycles. The van der Waals surface area contributed by atoms with Gasteiger partial charge in [0.2, 0.25) is 0 Å². The van der Waals surface area contributed by atoms with E-state index in [2.05, 4.69) is 15.6 Å². The largest absolute Gasteiger partial charge is 0.336 e. The third-order valence-corrected chi connectivity index (χ3v) is 5.62. The number of pyridine rings is 1. The summed E-state index contributed by atoms with van der Waals surface area (Å²) in [5, 5.41) is 6.72. The number of carbonyl (C=O) groups is 2. The molecule has 2 amide bonds. The molecule has 6 nitrogen and oxygen atoms in total. The second kappa shape index (κ2) is 9.29. The maximum absolute atomic E-state index is 12.9. The van der Waals surface area contributed by atoms with Gasteiger partial charge in [0.15, 0.2) is 0 Å². The quantitative estimate of drug-likeness (QED) is 0.650. The second-order valence-electron chi connectivity index (χ2n) is 7.44. The molecule has 0 atom stereocenters. The van der Waals surface area contributed by atoms with E-state index in [1.54, 1.807) is 42.6 Å². The van der Waals surface area contributed by atoms with Crippen molar-refractivity contribution in [2.24, 2.45) is 0 Å². The van der Waals surface area contributed by atoms with Crippen LogP contribution in [-0.2, 0) is 0 Å². The predicted molar refractivity (Wildman–Crippen MR) is 123 cm³/mol. The molecule has 7 heteroatoms. The van der Waals surface area contributed by atoms with Crippen molar-refractivity contribution in [2.75, 3.05) is 31.5 Å². The first-order valence-corrected chi connectivity index (χ1v) is 10.5. The van der Waals surface area contributed by atoms with Gasteiger partial charge in [0.25, 0.3) is 11.8 Å². The summed E-state index contributed by atoms with van der Waals surface area (Å²) in [7, 11) is 0. The normalized spacial score (nSPS) is 13.7. The number of amides is 2. The molecule has 2 N–H and O–H groups in total. The van der Waals surface area contributed by atoms with Gasteiger partial charge in [0, 0.05) is 54.8 Å². The molecular formula is C24H23ClN4O2. The summed E-state index contributed by atoms with van der Waals surface area (Å²) in [4.78, 5) is 31.8. The first kappa shape index (κ1) is 21.0. The minimum atomic E-state index is -0.243. The molecule has 1 aromatic heterocycles. The average molecular weight is 435 g/mol. The van der Waals surface area contributed by atoms with Crippen molar-refractivity contribution in [2.45, 2.75) is 6.92 Å². The first-order valence-electron chi connectivity index (χ1n) is 10.2. The van der Waals surface area contributed by atoms with Crippen LogP contribution in [0, 0.1) is 6.92 Å².